The van der Waals surface area contributed by atoms with Crippen LogP contribution in [0.3, 0.4) is 0 Å². The molecule has 1 N–H and O–H groups in total. The zero-order chi connectivity index (χ0) is 12.7. The molecule has 0 aliphatic rings. The maximum absolute atomic E-state index is 5.85. The average Bonchev–Trinajstić information content (AvgIpc) is 2.34. The molecule has 0 heterocycles. The Balaban J connectivity index is 2.69. The van der Waals surface area contributed by atoms with Crippen LogP contribution in [0.25, 0.3) is 0 Å². The van der Waals surface area contributed by atoms with Crippen molar-refractivity contribution in [3.8, 4) is 5.75 Å². The summed E-state index contributed by atoms with van der Waals surface area (Å²) in [6.07, 6.45) is 0. The summed E-state index contributed by atoms with van der Waals surface area (Å²) in [4.78, 5) is 0. The van der Waals surface area contributed by atoms with Crippen molar-refractivity contribution in [2.45, 2.75) is 19.9 Å². The van der Waals surface area contributed by atoms with Crippen LogP contribution in [-0.2, 0) is 0 Å². The van der Waals surface area contributed by atoms with Gasteiger partial charge in [-0.25, -0.2) is 0 Å². The lowest BCUT2D eigenvalue weighted by Crippen LogP contribution is -2.14. The summed E-state index contributed by atoms with van der Waals surface area (Å²) in [6, 6.07) is 6.50. The van der Waals surface area contributed by atoms with Gasteiger partial charge in [0.25, 0.3) is 0 Å². The van der Waals surface area contributed by atoms with Crippen molar-refractivity contribution in [3.63, 3.8) is 0 Å². The van der Waals surface area contributed by atoms with E-state index < -0.39 is 0 Å². The van der Waals surface area contributed by atoms with Gasteiger partial charge in [-0.2, -0.15) is 11.8 Å². The summed E-state index contributed by atoms with van der Waals surface area (Å²) >= 11 is 5.38. The van der Waals surface area contributed by atoms with Gasteiger partial charge in [0.15, 0.2) is 0 Å². The van der Waals surface area contributed by atoms with E-state index in [1.165, 1.54) is 5.56 Å². The van der Waals surface area contributed by atoms with E-state index in [9.17, 15) is 0 Å². The zero-order valence-electron chi connectivity index (χ0n) is 10.6. The number of halogens is 1. The summed E-state index contributed by atoms with van der Waals surface area (Å²) in [5.41, 5.74) is 1.21. The van der Waals surface area contributed by atoms with Gasteiger partial charge in [-0.15, -0.1) is 0 Å². The molecule has 0 spiro atoms. The van der Waals surface area contributed by atoms with Gasteiger partial charge in [-0.05, 0) is 31.9 Å². The van der Waals surface area contributed by atoms with E-state index >= 15 is 0 Å². The van der Waals surface area contributed by atoms with E-state index in [1.807, 2.05) is 24.9 Å². The Kier molecular flexibility index (Phi) is 7.00. The third kappa shape index (κ3) is 4.90. The molecule has 1 aromatic carbocycles. The Bertz CT molecular complexity index is 346. The smallest absolute Gasteiger partial charge is 0.125 e. The van der Waals surface area contributed by atoms with Crippen LogP contribution in [0.15, 0.2) is 22.7 Å². The van der Waals surface area contributed by atoms with Gasteiger partial charge >= 0.3 is 0 Å². The van der Waals surface area contributed by atoms with Crippen molar-refractivity contribution in [1.29, 1.82) is 0 Å². The van der Waals surface area contributed by atoms with Crippen molar-refractivity contribution in [3.05, 3.63) is 28.2 Å². The molecule has 1 unspecified atom stereocenters. The van der Waals surface area contributed by atoms with Crippen LogP contribution in [0.2, 0.25) is 0 Å². The Labute approximate surface area is 117 Å². The molecule has 0 aliphatic heterocycles. The van der Waals surface area contributed by atoms with Gasteiger partial charge in [0.1, 0.15) is 5.75 Å². The molecule has 0 fully saturated rings. The van der Waals surface area contributed by atoms with Gasteiger partial charge in [0, 0.05) is 21.8 Å². The van der Waals surface area contributed by atoms with Crippen molar-refractivity contribution < 1.29 is 4.74 Å². The largest absolute Gasteiger partial charge is 0.492 e. The van der Waals surface area contributed by atoms with Crippen molar-refractivity contribution in [2.24, 2.45) is 0 Å². The molecule has 2 nitrogen and oxygen atoms in total. The van der Waals surface area contributed by atoms with Gasteiger partial charge in [0.05, 0.1) is 6.61 Å². The third-order valence-electron chi connectivity index (χ3n) is 2.56. The van der Waals surface area contributed by atoms with E-state index in [1.54, 1.807) is 0 Å². The first kappa shape index (κ1) is 14.9. The van der Waals surface area contributed by atoms with Crippen LogP contribution < -0.4 is 10.1 Å². The fourth-order valence-corrected chi connectivity index (χ4v) is 2.33. The highest BCUT2D eigenvalue weighted by molar-refractivity contribution is 9.10. The Morgan fingerprint density at radius 1 is 1.47 bits per heavy atom. The Hall–Kier alpha value is -0.190. The minimum atomic E-state index is 0.303. The number of hydrogen-bond acceptors (Lipinski definition) is 3. The molecule has 1 rings (SSSR count). The fraction of sp³-hybridized carbons (Fsp3) is 0.538. The van der Waals surface area contributed by atoms with Crippen molar-refractivity contribution >= 4 is 27.7 Å². The van der Waals surface area contributed by atoms with E-state index in [0.29, 0.717) is 6.04 Å². The lowest BCUT2D eigenvalue weighted by atomic mass is 10.1. The SMILES string of the molecule is CCSCCOc1cc(Br)ccc1C(C)NC. The predicted octanol–water partition coefficient (Wildman–Crippen LogP) is 3.86. The molecule has 0 saturated heterocycles. The molecule has 4 heteroatoms. The monoisotopic (exact) mass is 317 g/mol. The first-order valence-corrected chi connectivity index (χ1v) is 7.81. The summed E-state index contributed by atoms with van der Waals surface area (Å²) < 4.78 is 6.91. The summed E-state index contributed by atoms with van der Waals surface area (Å²) in [5.74, 6) is 3.15. The molecule has 0 saturated carbocycles. The second-order valence-electron chi connectivity index (χ2n) is 3.74. The topological polar surface area (TPSA) is 21.3 Å². The molecule has 96 valence electrons. The number of benzene rings is 1. The van der Waals surface area contributed by atoms with Gasteiger partial charge < -0.3 is 10.1 Å². The van der Waals surface area contributed by atoms with Crippen LogP contribution in [0.4, 0.5) is 0 Å². The first-order valence-electron chi connectivity index (χ1n) is 5.86. The minimum Gasteiger partial charge on any atom is -0.492 e. The minimum absolute atomic E-state index is 0.303. The van der Waals surface area contributed by atoms with E-state index in [4.69, 9.17) is 4.74 Å². The van der Waals surface area contributed by atoms with E-state index in [-0.39, 0.29) is 0 Å². The highest BCUT2D eigenvalue weighted by Crippen LogP contribution is 2.28. The van der Waals surface area contributed by atoms with Crippen LogP contribution >= 0.6 is 27.7 Å². The average molecular weight is 318 g/mol. The second kappa shape index (κ2) is 8.01. The molecule has 1 atom stereocenters. The third-order valence-corrected chi connectivity index (χ3v) is 3.92. The molecular formula is C13H20BrNOS. The molecule has 1 aromatic rings. The van der Waals surface area contributed by atoms with E-state index in [2.05, 4.69) is 47.2 Å². The summed E-state index contributed by atoms with van der Waals surface area (Å²) in [5, 5.41) is 3.24. The molecule has 0 bridgehead atoms. The zero-order valence-corrected chi connectivity index (χ0v) is 13.0. The lowest BCUT2D eigenvalue weighted by Gasteiger charge is -2.16. The van der Waals surface area contributed by atoms with Crippen LogP contribution in [-0.4, -0.2) is 25.2 Å². The maximum atomic E-state index is 5.85. The maximum Gasteiger partial charge on any atom is 0.125 e. The van der Waals surface area contributed by atoms with Crippen molar-refractivity contribution in [1.82, 2.24) is 5.32 Å². The van der Waals surface area contributed by atoms with Crippen molar-refractivity contribution in [2.75, 3.05) is 25.2 Å². The summed E-state index contributed by atoms with van der Waals surface area (Å²) in [6.45, 7) is 5.06. The molecule has 0 aromatic heterocycles. The number of rotatable bonds is 7. The predicted molar refractivity (Wildman–Crippen MR) is 80.1 cm³/mol. The number of ether oxygens (including phenoxy) is 1. The molecule has 0 radical (unpaired) electrons. The van der Waals surface area contributed by atoms with Crippen LogP contribution in [0.5, 0.6) is 5.75 Å². The molecule has 17 heavy (non-hydrogen) atoms. The van der Waals surface area contributed by atoms with Gasteiger partial charge in [-0.1, -0.05) is 28.9 Å². The fourth-order valence-electron chi connectivity index (χ4n) is 1.50. The molecular weight excluding hydrogens is 298 g/mol. The lowest BCUT2D eigenvalue weighted by molar-refractivity contribution is 0.336. The highest BCUT2D eigenvalue weighted by Gasteiger charge is 2.10. The highest BCUT2D eigenvalue weighted by atomic mass is 79.9. The van der Waals surface area contributed by atoms with Crippen LogP contribution in [0, 0.1) is 0 Å². The second-order valence-corrected chi connectivity index (χ2v) is 6.05. The number of hydrogen-bond donors (Lipinski definition) is 1. The Morgan fingerprint density at radius 3 is 2.88 bits per heavy atom. The number of thioether (sulfide) groups is 1. The standard InChI is InChI=1S/C13H20BrNOS/c1-4-17-8-7-16-13-9-11(14)5-6-12(13)10(2)15-3/h5-6,9-10,15H,4,7-8H2,1-3H3. The molecule has 0 amide bonds. The molecule has 0 aliphatic carbocycles. The van der Waals surface area contributed by atoms with Crippen LogP contribution in [0.1, 0.15) is 25.5 Å². The Morgan fingerprint density at radius 2 is 2.24 bits per heavy atom. The number of nitrogens with one attached hydrogen (secondary N) is 1. The van der Waals surface area contributed by atoms with E-state index in [0.717, 1.165) is 28.3 Å². The first-order chi connectivity index (χ1) is 8.19. The summed E-state index contributed by atoms with van der Waals surface area (Å²) in [7, 11) is 1.96. The quantitative estimate of drug-likeness (QED) is 0.771. The van der Waals surface area contributed by atoms with Gasteiger partial charge in [0.2, 0.25) is 0 Å². The van der Waals surface area contributed by atoms with Gasteiger partial charge in [-0.3, -0.25) is 0 Å². The normalized spacial score (nSPS) is 12.5.